The summed E-state index contributed by atoms with van der Waals surface area (Å²) in [4.78, 5) is 30.7. The van der Waals surface area contributed by atoms with Gasteiger partial charge in [0, 0.05) is 39.4 Å². The van der Waals surface area contributed by atoms with Crippen molar-refractivity contribution in [2.24, 2.45) is 0 Å². The molecule has 0 bridgehead atoms. The van der Waals surface area contributed by atoms with Gasteiger partial charge in [-0.2, -0.15) is 0 Å². The number of carbonyl (C=O) groups excluding carboxylic acids is 2. The average molecular weight is 330 g/mol. The fourth-order valence-corrected chi connectivity index (χ4v) is 3.62. The Labute approximate surface area is 143 Å². The maximum Gasteiger partial charge on any atom is 0.318 e. The first-order valence-corrected chi connectivity index (χ1v) is 8.62. The van der Waals surface area contributed by atoms with Gasteiger partial charge >= 0.3 is 6.03 Å². The van der Waals surface area contributed by atoms with E-state index in [1.54, 1.807) is 11.9 Å². The minimum absolute atomic E-state index is 0.00346. The Bertz CT molecular complexity index is 633. The van der Waals surface area contributed by atoms with Crippen LogP contribution in [0.15, 0.2) is 24.3 Å². The van der Waals surface area contributed by atoms with Crippen LogP contribution in [0.3, 0.4) is 0 Å². The third-order valence-electron chi connectivity index (χ3n) is 5.13. The van der Waals surface area contributed by atoms with E-state index in [1.165, 1.54) is 5.69 Å². The van der Waals surface area contributed by atoms with E-state index in [1.807, 2.05) is 17.0 Å². The Morgan fingerprint density at radius 1 is 1.25 bits per heavy atom. The number of nitrogens with zero attached hydrogens (tertiary/aromatic N) is 3. The monoisotopic (exact) mass is 330 g/mol. The molecule has 0 aliphatic carbocycles. The van der Waals surface area contributed by atoms with Crippen LogP contribution in [0.4, 0.5) is 10.5 Å². The molecule has 6 nitrogen and oxygen atoms in total. The minimum Gasteiger partial charge on any atom is -0.372 e. The number of para-hydroxylation sites is 1. The maximum absolute atomic E-state index is 12.9. The number of carbonyl (C=O) groups is 2. The molecule has 1 N–H and O–H groups in total. The number of hydrogen-bond acceptors (Lipinski definition) is 3. The zero-order chi connectivity index (χ0) is 17.3. The molecule has 6 heteroatoms. The summed E-state index contributed by atoms with van der Waals surface area (Å²) < 4.78 is 0. The Morgan fingerprint density at radius 3 is 2.67 bits per heavy atom. The number of rotatable bonds is 2. The summed E-state index contributed by atoms with van der Waals surface area (Å²) in [5.74, 6) is 0.00346. The number of urea groups is 1. The second-order valence-corrected chi connectivity index (χ2v) is 6.75. The molecule has 0 radical (unpaired) electrons. The summed E-state index contributed by atoms with van der Waals surface area (Å²) >= 11 is 0. The van der Waals surface area contributed by atoms with Crippen molar-refractivity contribution in [2.75, 3.05) is 32.1 Å². The number of amides is 3. The molecular formula is C18H26N4O2. The van der Waals surface area contributed by atoms with Gasteiger partial charge in [0.25, 0.3) is 0 Å². The van der Waals surface area contributed by atoms with Crippen molar-refractivity contribution >= 4 is 17.6 Å². The van der Waals surface area contributed by atoms with Crippen LogP contribution in [0.5, 0.6) is 0 Å². The van der Waals surface area contributed by atoms with Gasteiger partial charge in [0.05, 0.1) is 6.04 Å². The number of anilines is 1. The number of nitrogens with one attached hydrogen (secondary N) is 1. The topological polar surface area (TPSA) is 55.9 Å². The first-order valence-electron chi connectivity index (χ1n) is 8.62. The van der Waals surface area contributed by atoms with Crippen molar-refractivity contribution < 1.29 is 9.59 Å². The molecule has 0 spiro atoms. The molecule has 3 rings (SSSR count). The lowest BCUT2D eigenvalue weighted by atomic mass is 10.1. The van der Waals surface area contributed by atoms with E-state index in [9.17, 15) is 9.59 Å². The van der Waals surface area contributed by atoms with Crippen molar-refractivity contribution in [2.45, 2.75) is 38.4 Å². The average Bonchev–Trinajstić information content (AvgIpc) is 2.81. The Kier molecular flexibility index (Phi) is 4.64. The Morgan fingerprint density at radius 2 is 2.00 bits per heavy atom. The molecule has 24 heavy (non-hydrogen) atoms. The van der Waals surface area contributed by atoms with Gasteiger partial charge in [0.1, 0.15) is 6.04 Å². The van der Waals surface area contributed by atoms with E-state index < -0.39 is 6.04 Å². The zero-order valence-electron chi connectivity index (χ0n) is 14.7. The van der Waals surface area contributed by atoms with Gasteiger partial charge in [-0.3, -0.25) is 4.79 Å². The predicted molar refractivity (Wildman–Crippen MR) is 93.9 cm³/mol. The molecule has 2 aliphatic rings. The molecule has 2 heterocycles. The van der Waals surface area contributed by atoms with Crippen LogP contribution in [0.1, 0.15) is 25.3 Å². The smallest absolute Gasteiger partial charge is 0.318 e. The van der Waals surface area contributed by atoms with Gasteiger partial charge in [-0.1, -0.05) is 25.1 Å². The van der Waals surface area contributed by atoms with Gasteiger partial charge in [-0.05, 0) is 24.5 Å². The van der Waals surface area contributed by atoms with Crippen LogP contribution >= 0.6 is 0 Å². The van der Waals surface area contributed by atoms with E-state index >= 15 is 0 Å². The van der Waals surface area contributed by atoms with Crippen LogP contribution in [0, 0.1) is 0 Å². The van der Waals surface area contributed by atoms with E-state index in [0.29, 0.717) is 19.5 Å². The molecule has 3 amide bonds. The highest BCUT2D eigenvalue weighted by atomic mass is 16.2. The third-order valence-corrected chi connectivity index (χ3v) is 5.13. The Balaban J connectivity index is 1.80. The lowest BCUT2D eigenvalue weighted by Gasteiger charge is -2.31. The number of hydrogen-bond donors (Lipinski definition) is 1. The Hall–Kier alpha value is -2.24. The standard InChI is InChI=1S/C18H26N4O2/c1-4-14-12-21(3)16-8-6-5-7-13(16)11-22(14)18(24)19-15-9-10-20(2)17(15)23/h5-8,14-15H,4,9-12H2,1-3H3,(H,19,24)/t14-,15+/m0/s1. The SMILES string of the molecule is CC[C@H]1CN(C)c2ccccc2CN1C(=O)N[C@@H]1CCN(C)C1=O. The summed E-state index contributed by atoms with van der Waals surface area (Å²) in [7, 11) is 3.85. The molecule has 1 aromatic rings. The van der Waals surface area contributed by atoms with Crippen LogP contribution < -0.4 is 10.2 Å². The molecule has 2 aliphatic heterocycles. The highest BCUT2D eigenvalue weighted by molar-refractivity contribution is 5.88. The van der Waals surface area contributed by atoms with Gasteiger partial charge in [-0.25, -0.2) is 4.79 Å². The molecule has 0 saturated carbocycles. The lowest BCUT2D eigenvalue weighted by Crippen LogP contribution is -2.52. The fourth-order valence-electron chi connectivity index (χ4n) is 3.62. The first kappa shape index (κ1) is 16.6. The maximum atomic E-state index is 12.9. The second kappa shape index (κ2) is 6.71. The van der Waals surface area contributed by atoms with E-state index in [2.05, 4.69) is 36.3 Å². The summed E-state index contributed by atoms with van der Waals surface area (Å²) in [5, 5.41) is 2.94. The summed E-state index contributed by atoms with van der Waals surface area (Å²) in [6, 6.07) is 7.79. The molecule has 0 unspecified atom stereocenters. The highest BCUT2D eigenvalue weighted by Gasteiger charge is 2.34. The van der Waals surface area contributed by atoms with Gasteiger partial charge in [0.15, 0.2) is 0 Å². The lowest BCUT2D eigenvalue weighted by molar-refractivity contribution is -0.128. The molecule has 130 valence electrons. The molecule has 2 atom stereocenters. The van der Waals surface area contributed by atoms with E-state index in [-0.39, 0.29) is 18.0 Å². The zero-order valence-corrected chi connectivity index (χ0v) is 14.7. The van der Waals surface area contributed by atoms with Crippen molar-refractivity contribution in [1.82, 2.24) is 15.1 Å². The van der Waals surface area contributed by atoms with Crippen molar-refractivity contribution in [3.63, 3.8) is 0 Å². The van der Waals surface area contributed by atoms with Crippen LogP contribution in [0.25, 0.3) is 0 Å². The van der Waals surface area contributed by atoms with E-state index in [0.717, 1.165) is 18.5 Å². The van der Waals surface area contributed by atoms with Crippen LogP contribution in [0.2, 0.25) is 0 Å². The van der Waals surface area contributed by atoms with Crippen molar-refractivity contribution in [3.05, 3.63) is 29.8 Å². The van der Waals surface area contributed by atoms with Gasteiger partial charge in [-0.15, -0.1) is 0 Å². The van der Waals surface area contributed by atoms with Crippen molar-refractivity contribution in [3.8, 4) is 0 Å². The van der Waals surface area contributed by atoms with Crippen LogP contribution in [-0.2, 0) is 11.3 Å². The molecule has 0 aromatic heterocycles. The fraction of sp³-hybridized carbons (Fsp3) is 0.556. The van der Waals surface area contributed by atoms with Gasteiger partial charge in [0.2, 0.25) is 5.91 Å². The number of fused-ring (bicyclic) bond motifs is 1. The third kappa shape index (κ3) is 3.05. The number of likely N-dealkylation sites (tertiary alicyclic amines) is 1. The number of benzene rings is 1. The van der Waals surface area contributed by atoms with Crippen molar-refractivity contribution in [1.29, 1.82) is 0 Å². The molecule has 1 aromatic carbocycles. The summed E-state index contributed by atoms with van der Waals surface area (Å²) in [6.07, 6.45) is 1.56. The largest absolute Gasteiger partial charge is 0.372 e. The molecular weight excluding hydrogens is 304 g/mol. The second-order valence-electron chi connectivity index (χ2n) is 6.75. The predicted octanol–water partition coefficient (Wildman–Crippen LogP) is 1.66. The minimum atomic E-state index is -0.392. The normalized spacial score (nSPS) is 24.0. The van der Waals surface area contributed by atoms with Gasteiger partial charge < -0.3 is 20.0 Å². The summed E-state index contributed by atoms with van der Waals surface area (Å²) in [5.41, 5.74) is 2.31. The van der Waals surface area contributed by atoms with Crippen LogP contribution in [-0.4, -0.2) is 61.0 Å². The first-order chi connectivity index (χ1) is 11.5. The quantitative estimate of drug-likeness (QED) is 0.897. The van der Waals surface area contributed by atoms with E-state index in [4.69, 9.17) is 0 Å². The number of likely N-dealkylation sites (N-methyl/N-ethyl adjacent to an activating group) is 2. The highest BCUT2D eigenvalue weighted by Crippen LogP contribution is 2.27. The molecule has 1 fully saturated rings. The summed E-state index contributed by atoms with van der Waals surface area (Å²) in [6.45, 7) is 4.16. The molecule has 1 saturated heterocycles.